The van der Waals surface area contributed by atoms with Crippen molar-refractivity contribution in [3.8, 4) is 0 Å². The molecule has 0 aliphatic carbocycles. The molecule has 8 nitrogen and oxygen atoms in total. The van der Waals surface area contributed by atoms with Crippen LogP contribution < -0.4 is 5.32 Å². The Bertz CT molecular complexity index is 865. The van der Waals surface area contributed by atoms with Crippen LogP contribution in [0.5, 0.6) is 0 Å². The summed E-state index contributed by atoms with van der Waals surface area (Å²) >= 11 is 0. The second-order valence-electron chi connectivity index (χ2n) is 7.10. The molecule has 1 N–H and O–H groups in total. The topological polar surface area (TPSA) is 94.5 Å². The number of hydrogen-bond acceptors (Lipinski definition) is 7. The molecule has 3 aromatic heterocycles. The lowest BCUT2D eigenvalue weighted by molar-refractivity contribution is 0.361. The van der Waals surface area contributed by atoms with Crippen molar-refractivity contribution >= 4 is 16.9 Å². The van der Waals surface area contributed by atoms with Crippen molar-refractivity contribution in [2.75, 3.05) is 5.32 Å². The van der Waals surface area contributed by atoms with Gasteiger partial charge < -0.3 is 9.84 Å². The molecular weight excluding hydrogens is 318 g/mol. The minimum atomic E-state index is -0.160. The predicted molar refractivity (Wildman–Crippen MR) is 95.3 cm³/mol. The van der Waals surface area contributed by atoms with Crippen LogP contribution >= 0.6 is 0 Å². The number of anilines is 1. The number of fused-ring (bicyclic) bond motifs is 1. The molecule has 8 heteroatoms. The van der Waals surface area contributed by atoms with E-state index in [2.05, 4.69) is 58.2 Å². The lowest BCUT2D eigenvalue weighted by atomic mass is 10.1. The van der Waals surface area contributed by atoms with Crippen LogP contribution in [0.3, 0.4) is 0 Å². The quantitative estimate of drug-likeness (QED) is 0.734. The van der Waals surface area contributed by atoms with Gasteiger partial charge in [-0.3, -0.25) is 4.68 Å². The van der Waals surface area contributed by atoms with Crippen LogP contribution in [0.15, 0.2) is 10.7 Å². The number of rotatable bonds is 6. The summed E-state index contributed by atoms with van der Waals surface area (Å²) in [4.78, 5) is 13.8. The van der Waals surface area contributed by atoms with Gasteiger partial charge in [0.15, 0.2) is 11.5 Å². The maximum atomic E-state index is 5.41. The highest BCUT2D eigenvalue weighted by Crippen LogP contribution is 2.26. The van der Waals surface area contributed by atoms with Gasteiger partial charge in [0.2, 0.25) is 5.89 Å². The fourth-order valence-electron chi connectivity index (χ4n) is 2.57. The molecule has 0 saturated carbocycles. The summed E-state index contributed by atoms with van der Waals surface area (Å²) in [7, 11) is 1.88. The minimum Gasteiger partial charge on any atom is -0.358 e. The highest BCUT2D eigenvalue weighted by molar-refractivity contribution is 5.86. The standard InChI is InChI=1S/C17H25N7O/c1-9(2)7-13-20-17(25-23-13)11(5)19-15-12-8-18-24(6)16(12)22-14(21-15)10(3)4/h8-11H,7H2,1-6H3,(H,19,21,22)/t11-/m1/s1. The minimum absolute atomic E-state index is 0.160. The van der Waals surface area contributed by atoms with Gasteiger partial charge in [-0.05, 0) is 12.8 Å². The SMILES string of the molecule is CC(C)Cc1noc([C@@H](C)Nc2nc(C(C)C)nc3c2cnn3C)n1. The molecule has 3 heterocycles. The van der Waals surface area contributed by atoms with Crippen molar-refractivity contribution in [3.05, 3.63) is 23.7 Å². The van der Waals surface area contributed by atoms with Crippen molar-refractivity contribution in [1.29, 1.82) is 0 Å². The van der Waals surface area contributed by atoms with Crippen molar-refractivity contribution in [2.24, 2.45) is 13.0 Å². The molecule has 134 valence electrons. The first-order valence-electron chi connectivity index (χ1n) is 8.63. The highest BCUT2D eigenvalue weighted by Gasteiger charge is 2.19. The molecular formula is C17H25N7O. The summed E-state index contributed by atoms with van der Waals surface area (Å²) in [6, 6.07) is -0.160. The molecule has 25 heavy (non-hydrogen) atoms. The zero-order chi connectivity index (χ0) is 18.1. The first-order chi connectivity index (χ1) is 11.8. The van der Waals surface area contributed by atoms with E-state index in [-0.39, 0.29) is 12.0 Å². The second kappa shape index (κ2) is 6.78. The largest absolute Gasteiger partial charge is 0.358 e. The Labute approximate surface area is 147 Å². The van der Waals surface area contributed by atoms with E-state index in [4.69, 9.17) is 4.52 Å². The third-order valence-corrected chi connectivity index (χ3v) is 3.92. The van der Waals surface area contributed by atoms with Crippen LogP contribution in [0.4, 0.5) is 5.82 Å². The van der Waals surface area contributed by atoms with Crippen LogP contribution in [-0.4, -0.2) is 29.9 Å². The Balaban J connectivity index is 1.90. The van der Waals surface area contributed by atoms with Gasteiger partial charge in [-0.1, -0.05) is 32.9 Å². The van der Waals surface area contributed by atoms with E-state index in [0.29, 0.717) is 11.8 Å². The Morgan fingerprint density at radius 1 is 1.12 bits per heavy atom. The second-order valence-corrected chi connectivity index (χ2v) is 7.10. The summed E-state index contributed by atoms with van der Waals surface area (Å²) in [6.45, 7) is 10.4. The van der Waals surface area contributed by atoms with Crippen LogP contribution in [0.1, 0.15) is 64.1 Å². The summed E-state index contributed by atoms with van der Waals surface area (Å²) in [5.41, 5.74) is 0.805. The van der Waals surface area contributed by atoms with E-state index in [1.807, 2.05) is 14.0 Å². The first-order valence-corrected chi connectivity index (χ1v) is 8.63. The number of nitrogens with one attached hydrogen (secondary N) is 1. The lowest BCUT2D eigenvalue weighted by Crippen LogP contribution is -2.11. The molecule has 0 spiro atoms. The first kappa shape index (κ1) is 17.3. The molecule has 0 fully saturated rings. The average molecular weight is 343 g/mol. The van der Waals surface area contributed by atoms with Crippen LogP contribution in [-0.2, 0) is 13.5 Å². The zero-order valence-electron chi connectivity index (χ0n) is 15.6. The van der Waals surface area contributed by atoms with Crippen LogP contribution in [0, 0.1) is 5.92 Å². The van der Waals surface area contributed by atoms with Gasteiger partial charge in [0.25, 0.3) is 0 Å². The highest BCUT2D eigenvalue weighted by atomic mass is 16.5. The predicted octanol–water partition coefficient (Wildman–Crippen LogP) is 3.24. The molecule has 0 aliphatic rings. The summed E-state index contributed by atoms with van der Waals surface area (Å²) in [6.07, 6.45) is 2.57. The molecule has 0 bridgehead atoms. The van der Waals surface area contributed by atoms with Gasteiger partial charge in [0.1, 0.15) is 17.7 Å². The monoisotopic (exact) mass is 343 g/mol. The third-order valence-electron chi connectivity index (χ3n) is 3.92. The van der Waals surface area contributed by atoms with Gasteiger partial charge >= 0.3 is 0 Å². The molecule has 0 aliphatic heterocycles. The van der Waals surface area contributed by atoms with E-state index in [1.54, 1.807) is 10.9 Å². The number of aromatic nitrogens is 6. The Hall–Kier alpha value is -2.51. The lowest BCUT2D eigenvalue weighted by Gasteiger charge is -2.13. The van der Waals surface area contributed by atoms with E-state index < -0.39 is 0 Å². The van der Waals surface area contributed by atoms with Gasteiger partial charge in [0.05, 0.1) is 11.6 Å². The fourth-order valence-corrected chi connectivity index (χ4v) is 2.57. The third kappa shape index (κ3) is 3.62. The number of nitrogens with zero attached hydrogens (tertiary/aromatic N) is 6. The molecule has 3 rings (SSSR count). The molecule has 0 aromatic carbocycles. The van der Waals surface area contributed by atoms with Gasteiger partial charge in [0, 0.05) is 19.4 Å². The molecule has 0 amide bonds. The van der Waals surface area contributed by atoms with Crippen molar-refractivity contribution < 1.29 is 4.52 Å². The van der Waals surface area contributed by atoms with E-state index >= 15 is 0 Å². The number of hydrogen-bond donors (Lipinski definition) is 1. The van der Waals surface area contributed by atoms with Crippen LogP contribution in [0.2, 0.25) is 0 Å². The van der Waals surface area contributed by atoms with Gasteiger partial charge in [-0.15, -0.1) is 0 Å². The van der Waals surface area contributed by atoms with E-state index in [1.165, 1.54) is 0 Å². The molecule has 0 radical (unpaired) electrons. The Morgan fingerprint density at radius 2 is 1.88 bits per heavy atom. The Kier molecular flexibility index (Phi) is 4.69. The molecule has 1 atom stereocenters. The fraction of sp³-hybridized carbons (Fsp3) is 0.588. The Morgan fingerprint density at radius 3 is 2.56 bits per heavy atom. The number of aryl methyl sites for hydroxylation is 1. The van der Waals surface area contributed by atoms with Crippen molar-refractivity contribution in [3.63, 3.8) is 0 Å². The maximum absolute atomic E-state index is 5.41. The summed E-state index contributed by atoms with van der Waals surface area (Å²) in [5, 5.41) is 12.6. The van der Waals surface area contributed by atoms with Gasteiger partial charge in [-0.2, -0.15) is 10.1 Å². The van der Waals surface area contributed by atoms with E-state index in [9.17, 15) is 0 Å². The summed E-state index contributed by atoms with van der Waals surface area (Å²) < 4.78 is 7.16. The zero-order valence-corrected chi connectivity index (χ0v) is 15.6. The van der Waals surface area contributed by atoms with E-state index in [0.717, 1.165) is 34.9 Å². The molecule has 3 aromatic rings. The van der Waals surface area contributed by atoms with Gasteiger partial charge in [-0.25, -0.2) is 9.97 Å². The molecule has 0 saturated heterocycles. The summed E-state index contributed by atoms with van der Waals surface area (Å²) in [5.74, 6) is 3.50. The smallest absolute Gasteiger partial charge is 0.248 e. The van der Waals surface area contributed by atoms with Crippen LogP contribution in [0.25, 0.3) is 11.0 Å². The van der Waals surface area contributed by atoms with Crippen molar-refractivity contribution in [2.45, 2.75) is 53.0 Å². The average Bonchev–Trinajstić information content (AvgIpc) is 3.14. The normalized spacial score (nSPS) is 13.1. The molecule has 0 unspecified atom stereocenters. The van der Waals surface area contributed by atoms with Crippen molar-refractivity contribution in [1.82, 2.24) is 29.9 Å². The maximum Gasteiger partial charge on any atom is 0.248 e.